The maximum atomic E-state index is 12.2. The average molecular weight is 356 g/mol. The van der Waals surface area contributed by atoms with Crippen molar-refractivity contribution < 1.29 is 8.42 Å². The molecule has 7 heteroatoms. The lowest BCUT2D eigenvalue weighted by Gasteiger charge is -2.24. The Labute approximate surface area is 143 Å². The highest BCUT2D eigenvalue weighted by molar-refractivity contribution is 8.00. The maximum Gasteiger partial charge on any atom is 0.191 e. The highest BCUT2D eigenvalue weighted by Crippen LogP contribution is 2.36. The molecule has 0 aromatic heterocycles. The molecular formula is C16H25N3O2S2. The number of hydrogen-bond donors (Lipinski definition) is 2. The Morgan fingerprint density at radius 3 is 2.65 bits per heavy atom. The van der Waals surface area contributed by atoms with Crippen LogP contribution in [-0.2, 0) is 9.84 Å². The molecule has 2 rings (SSSR count). The van der Waals surface area contributed by atoms with Gasteiger partial charge >= 0.3 is 0 Å². The first-order valence-electron chi connectivity index (χ1n) is 7.81. The van der Waals surface area contributed by atoms with Crippen LogP contribution >= 0.6 is 11.8 Å². The Balaban J connectivity index is 1.80. The zero-order valence-corrected chi connectivity index (χ0v) is 15.3. The molecule has 0 saturated carbocycles. The third-order valence-electron chi connectivity index (χ3n) is 3.92. The van der Waals surface area contributed by atoms with Crippen molar-refractivity contribution in [2.75, 3.05) is 31.6 Å². The van der Waals surface area contributed by atoms with Gasteiger partial charge in [0.1, 0.15) is 0 Å². The summed E-state index contributed by atoms with van der Waals surface area (Å²) in [5.74, 6) is 1.91. The van der Waals surface area contributed by atoms with E-state index in [1.54, 1.807) is 31.3 Å². The van der Waals surface area contributed by atoms with Crippen LogP contribution < -0.4 is 10.6 Å². The van der Waals surface area contributed by atoms with Gasteiger partial charge in [-0.25, -0.2) is 8.42 Å². The minimum absolute atomic E-state index is 0.0454. The molecule has 0 bridgehead atoms. The number of nitrogens with one attached hydrogen (secondary N) is 2. The average Bonchev–Trinajstić information content (AvgIpc) is 2.98. The molecule has 1 aromatic rings. The first kappa shape index (κ1) is 18.1. The topological polar surface area (TPSA) is 70.6 Å². The Bertz CT molecular complexity index is 624. The predicted molar refractivity (Wildman–Crippen MR) is 98.0 cm³/mol. The van der Waals surface area contributed by atoms with Gasteiger partial charge in [0.2, 0.25) is 0 Å². The minimum atomic E-state index is -3.26. The van der Waals surface area contributed by atoms with Crippen molar-refractivity contribution in [3.63, 3.8) is 0 Å². The van der Waals surface area contributed by atoms with Gasteiger partial charge in [0, 0.05) is 24.9 Å². The van der Waals surface area contributed by atoms with Crippen molar-refractivity contribution in [1.82, 2.24) is 10.6 Å². The molecule has 1 unspecified atom stereocenters. The number of thioether (sulfide) groups is 1. The standard InChI is InChI=1S/C16H25N3O2S2/c1-16(9-6-11-22-16)13-19-15(17-2)18-10-12-23(20,21)14-7-4-3-5-8-14/h3-5,7-8H,6,9-13H2,1-2H3,(H2,17,18,19). The number of rotatable bonds is 6. The molecule has 23 heavy (non-hydrogen) atoms. The van der Waals surface area contributed by atoms with Crippen molar-refractivity contribution in [3.8, 4) is 0 Å². The molecule has 0 spiro atoms. The van der Waals surface area contributed by atoms with Crippen LogP contribution in [0.3, 0.4) is 0 Å². The van der Waals surface area contributed by atoms with E-state index < -0.39 is 9.84 Å². The lowest BCUT2D eigenvalue weighted by Crippen LogP contribution is -2.44. The van der Waals surface area contributed by atoms with E-state index in [1.807, 2.05) is 17.8 Å². The molecule has 1 fully saturated rings. The summed E-state index contributed by atoms with van der Waals surface area (Å²) >= 11 is 1.98. The van der Waals surface area contributed by atoms with Crippen LogP contribution in [0.5, 0.6) is 0 Å². The van der Waals surface area contributed by atoms with Gasteiger partial charge in [-0.2, -0.15) is 11.8 Å². The Morgan fingerprint density at radius 2 is 2.04 bits per heavy atom. The fourth-order valence-corrected chi connectivity index (χ4v) is 4.94. The molecule has 1 saturated heterocycles. The lowest BCUT2D eigenvalue weighted by molar-refractivity contribution is 0.583. The molecule has 1 aromatic carbocycles. The Hall–Kier alpha value is -1.21. The van der Waals surface area contributed by atoms with Gasteiger partial charge < -0.3 is 10.6 Å². The summed E-state index contributed by atoms with van der Waals surface area (Å²) in [6.45, 7) is 3.42. The zero-order valence-electron chi connectivity index (χ0n) is 13.7. The molecule has 1 aliphatic heterocycles. The van der Waals surface area contributed by atoms with Gasteiger partial charge in [0.05, 0.1) is 10.6 Å². The second-order valence-corrected chi connectivity index (χ2v) is 9.68. The van der Waals surface area contributed by atoms with Crippen molar-refractivity contribution >= 4 is 27.6 Å². The molecule has 0 aliphatic carbocycles. The number of benzene rings is 1. The monoisotopic (exact) mass is 355 g/mol. The quantitative estimate of drug-likeness (QED) is 0.602. The SMILES string of the molecule is CN=C(NCCS(=O)(=O)c1ccccc1)NCC1(C)CCCS1. The van der Waals surface area contributed by atoms with Crippen LogP contribution in [0.4, 0.5) is 0 Å². The third kappa shape index (κ3) is 5.42. The van der Waals surface area contributed by atoms with E-state index in [2.05, 4.69) is 22.5 Å². The molecule has 1 heterocycles. The van der Waals surface area contributed by atoms with E-state index >= 15 is 0 Å². The molecule has 1 atom stereocenters. The highest BCUT2D eigenvalue weighted by atomic mass is 32.2. The van der Waals surface area contributed by atoms with E-state index in [-0.39, 0.29) is 10.5 Å². The first-order chi connectivity index (χ1) is 11.0. The smallest absolute Gasteiger partial charge is 0.191 e. The highest BCUT2D eigenvalue weighted by Gasteiger charge is 2.29. The summed E-state index contributed by atoms with van der Waals surface area (Å²) in [7, 11) is -1.56. The Kier molecular flexibility index (Phi) is 6.35. The summed E-state index contributed by atoms with van der Waals surface area (Å²) in [6.07, 6.45) is 2.45. The first-order valence-corrected chi connectivity index (χ1v) is 10.5. The minimum Gasteiger partial charge on any atom is -0.355 e. The van der Waals surface area contributed by atoms with Crippen LogP contribution in [-0.4, -0.2) is 50.8 Å². The van der Waals surface area contributed by atoms with Crippen molar-refractivity contribution in [2.45, 2.75) is 29.4 Å². The van der Waals surface area contributed by atoms with Crippen molar-refractivity contribution in [2.24, 2.45) is 4.99 Å². The van der Waals surface area contributed by atoms with E-state index in [0.717, 1.165) is 6.54 Å². The third-order valence-corrected chi connectivity index (χ3v) is 7.19. The lowest BCUT2D eigenvalue weighted by atomic mass is 10.1. The summed E-state index contributed by atoms with van der Waals surface area (Å²) < 4.78 is 24.7. The van der Waals surface area contributed by atoms with Crippen molar-refractivity contribution in [1.29, 1.82) is 0 Å². The molecular weight excluding hydrogens is 330 g/mol. The van der Waals surface area contributed by atoms with Crippen LogP contribution in [0, 0.1) is 0 Å². The fraction of sp³-hybridized carbons (Fsp3) is 0.562. The van der Waals surface area contributed by atoms with Gasteiger partial charge in [-0.1, -0.05) is 18.2 Å². The van der Waals surface area contributed by atoms with Crippen LogP contribution in [0.2, 0.25) is 0 Å². The summed E-state index contributed by atoms with van der Waals surface area (Å²) in [5.41, 5.74) is 0. The molecule has 0 radical (unpaired) electrons. The molecule has 0 amide bonds. The van der Waals surface area contributed by atoms with Gasteiger partial charge in [-0.3, -0.25) is 4.99 Å². The maximum absolute atomic E-state index is 12.2. The molecule has 128 valence electrons. The number of guanidine groups is 1. The second kappa shape index (κ2) is 8.06. The number of nitrogens with zero attached hydrogens (tertiary/aromatic N) is 1. The molecule has 2 N–H and O–H groups in total. The van der Waals surface area contributed by atoms with E-state index in [9.17, 15) is 8.42 Å². The van der Waals surface area contributed by atoms with Crippen molar-refractivity contribution in [3.05, 3.63) is 30.3 Å². The normalized spacial score (nSPS) is 22.1. The summed E-state index contributed by atoms with van der Waals surface area (Å²) in [4.78, 5) is 4.52. The largest absolute Gasteiger partial charge is 0.355 e. The van der Waals surface area contributed by atoms with Gasteiger partial charge in [-0.05, 0) is 37.7 Å². The number of hydrogen-bond acceptors (Lipinski definition) is 4. The molecule has 1 aliphatic rings. The fourth-order valence-electron chi connectivity index (χ4n) is 2.52. The van der Waals surface area contributed by atoms with Crippen LogP contribution in [0.15, 0.2) is 40.2 Å². The van der Waals surface area contributed by atoms with Gasteiger partial charge in [0.25, 0.3) is 0 Å². The summed E-state index contributed by atoms with van der Waals surface area (Å²) in [6, 6.07) is 8.54. The molecule has 5 nitrogen and oxygen atoms in total. The van der Waals surface area contributed by atoms with E-state index in [1.165, 1.54) is 18.6 Å². The number of sulfone groups is 1. The summed E-state index contributed by atoms with van der Waals surface area (Å²) in [5, 5.41) is 6.39. The van der Waals surface area contributed by atoms with Gasteiger partial charge in [0.15, 0.2) is 15.8 Å². The number of aliphatic imine (C=N–C) groups is 1. The van der Waals surface area contributed by atoms with Crippen LogP contribution in [0.1, 0.15) is 19.8 Å². The predicted octanol–water partition coefficient (Wildman–Crippen LogP) is 1.91. The van der Waals surface area contributed by atoms with E-state index in [4.69, 9.17) is 0 Å². The Morgan fingerprint density at radius 1 is 1.30 bits per heavy atom. The zero-order chi connectivity index (χ0) is 16.8. The van der Waals surface area contributed by atoms with Gasteiger partial charge in [-0.15, -0.1) is 0 Å². The van der Waals surface area contributed by atoms with E-state index in [0.29, 0.717) is 17.4 Å². The second-order valence-electron chi connectivity index (χ2n) is 5.89. The van der Waals surface area contributed by atoms with Crippen LogP contribution in [0.25, 0.3) is 0 Å².